The number of amides is 1. The first-order chi connectivity index (χ1) is 7.09. The van der Waals surface area contributed by atoms with E-state index in [-0.39, 0.29) is 11.7 Å². The molecule has 1 aliphatic rings. The second-order valence-corrected chi connectivity index (χ2v) is 4.56. The lowest BCUT2D eigenvalue weighted by atomic mass is 10.0. The van der Waals surface area contributed by atoms with Crippen LogP contribution in [0.4, 0.5) is 5.69 Å². The van der Waals surface area contributed by atoms with Gasteiger partial charge in [0.2, 0.25) is 5.91 Å². The van der Waals surface area contributed by atoms with Gasteiger partial charge in [-0.1, -0.05) is 0 Å². The van der Waals surface area contributed by atoms with Gasteiger partial charge in [-0.05, 0) is 46.5 Å². The van der Waals surface area contributed by atoms with Gasteiger partial charge >= 0.3 is 0 Å². The third-order valence-electron chi connectivity index (χ3n) is 2.65. The van der Waals surface area contributed by atoms with Crippen molar-refractivity contribution in [3.63, 3.8) is 0 Å². The number of nitrogens with zero attached hydrogens (tertiary/aromatic N) is 1. The molecule has 0 aromatic heterocycles. The highest BCUT2D eigenvalue weighted by atomic mass is 79.9. The number of fused-ring (bicyclic) bond motifs is 1. The highest BCUT2D eigenvalue weighted by Crippen LogP contribution is 2.35. The van der Waals surface area contributed by atoms with Gasteiger partial charge in [0.1, 0.15) is 5.75 Å². The number of aryl methyl sites for hydroxylation is 1. The molecule has 2 rings (SSSR count). The predicted octanol–water partition coefficient (Wildman–Crippen LogP) is 2.45. The Bertz CT molecular complexity index is 417. The number of halogens is 1. The molecule has 3 nitrogen and oxygen atoms in total. The van der Waals surface area contributed by atoms with Crippen molar-refractivity contribution in [3.05, 3.63) is 22.2 Å². The van der Waals surface area contributed by atoms with Crippen LogP contribution in [0.15, 0.2) is 16.6 Å². The standard InChI is InChI=1S/C11H12BrNO2/c1-7(14)13-4-2-3-8-5-11(15)9(12)6-10(8)13/h5-6,15H,2-4H2,1H3. The summed E-state index contributed by atoms with van der Waals surface area (Å²) in [7, 11) is 0. The highest BCUT2D eigenvalue weighted by molar-refractivity contribution is 9.10. The van der Waals surface area contributed by atoms with Crippen LogP contribution in [-0.4, -0.2) is 17.6 Å². The van der Waals surface area contributed by atoms with E-state index in [2.05, 4.69) is 15.9 Å². The molecule has 0 fully saturated rings. The smallest absolute Gasteiger partial charge is 0.223 e. The molecule has 0 unspecified atom stereocenters. The van der Waals surface area contributed by atoms with Gasteiger partial charge in [-0.25, -0.2) is 0 Å². The molecule has 4 heteroatoms. The van der Waals surface area contributed by atoms with Gasteiger partial charge in [-0.2, -0.15) is 0 Å². The predicted molar refractivity (Wildman–Crippen MR) is 62.2 cm³/mol. The minimum Gasteiger partial charge on any atom is -0.507 e. The van der Waals surface area contributed by atoms with Gasteiger partial charge < -0.3 is 10.0 Å². The zero-order chi connectivity index (χ0) is 11.0. The van der Waals surface area contributed by atoms with Crippen molar-refractivity contribution < 1.29 is 9.90 Å². The Labute approximate surface area is 96.8 Å². The van der Waals surface area contributed by atoms with Gasteiger partial charge in [0.25, 0.3) is 0 Å². The van der Waals surface area contributed by atoms with Crippen molar-refractivity contribution in [2.75, 3.05) is 11.4 Å². The topological polar surface area (TPSA) is 40.5 Å². The van der Waals surface area contributed by atoms with Crippen LogP contribution in [0.25, 0.3) is 0 Å². The fourth-order valence-corrected chi connectivity index (χ4v) is 2.25. The number of carbonyl (C=O) groups is 1. The van der Waals surface area contributed by atoms with E-state index >= 15 is 0 Å². The summed E-state index contributed by atoms with van der Waals surface area (Å²) in [5.74, 6) is 0.285. The molecule has 1 heterocycles. The van der Waals surface area contributed by atoms with Crippen LogP contribution in [0.3, 0.4) is 0 Å². The Hall–Kier alpha value is -1.03. The van der Waals surface area contributed by atoms with Gasteiger partial charge in [-0.3, -0.25) is 4.79 Å². The van der Waals surface area contributed by atoms with E-state index in [9.17, 15) is 9.90 Å². The number of hydrogen-bond donors (Lipinski definition) is 1. The minimum atomic E-state index is 0.0496. The van der Waals surface area contributed by atoms with Gasteiger partial charge in [0, 0.05) is 19.2 Å². The van der Waals surface area contributed by atoms with E-state index < -0.39 is 0 Å². The Morgan fingerprint density at radius 1 is 1.53 bits per heavy atom. The third-order valence-corrected chi connectivity index (χ3v) is 3.28. The normalized spacial score (nSPS) is 14.9. The van der Waals surface area contributed by atoms with E-state index in [1.54, 1.807) is 17.9 Å². The van der Waals surface area contributed by atoms with E-state index in [1.165, 1.54) is 0 Å². The number of carbonyl (C=O) groups excluding carboxylic acids is 1. The molecule has 1 N–H and O–H groups in total. The fourth-order valence-electron chi connectivity index (χ4n) is 1.92. The lowest BCUT2D eigenvalue weighted by Crippen LogP contribution is -2.33. The molecule has 0 spiro atoms. The second kappa shape index (κ2) is 3.85. The lowest BCUT2D eigenvalue weighted by Gasteiger charge is -2.28. The molecule has 0 saturated heterocycles. The van der Waals surface area contributed by atoms with E-state index in [0.717, 1.165) is 30.6 Å². The van der Waals surface area contributed by atoms with Crippen molar-refractivity contribution in [2.24, 2.45) is 0 Å². The molecule has 0 atom stereocenters. The molecule has 1 aromatic carbocycles. The molecule has 15 heavy (non-hydrogen) atoms. The summed E-state index contributed by atoms with van der Waals surface area (Å²) in [4.78, 5) is 13.2. The van der Waals surface area contributed by atoms with Crippen molar-refractivity contribution in [2.45, 2.75) is 19.8 Å². The van der Waals surface area contributed by atoms with Crippen LogP contribution < -0.4 is 4.90 Å². The van der Waals surface area contributed by atoms with Crippen LogP contribution in [-0.2, 0) is 11.2 Å². The maximum Gasteiger partial charge on any atom is 0.223 e. The Morgan fingerprint density at radius 2 is 2.27 bits per heavy atom. The molecule has 0 aliphatic carbocycles. The van der Waals surface area contributed by atoms with Crippen LogP contribution in [0.1, 0.15) is 18.9 Å². The molecule has 0 bridgehead atoms. The maximum atomic E-state index is 11.4. The summed E-state index contributed by atoms with van der Waals surface area (Å²) in [6.07, 6.45) is 1.87. The van der Waals surface area contributed by atoms with E-state index in [1.807, 2.05) is 6.07 Å². The number of phenolic OH excluding ortho intramolecular Hbond substituents is 1. The van der Waals surface area contributed by atoms with E-state index in [4.69, 9.17) is 0 Å². The van der Waals surface area contributed by atoms with Crippen LogP contribution >= 0.6 is 15.9 Å². The molecular formula is C11H12BrNO2. The summed E-state index contributed by atoms with van der Waals surface area (Å²) in [5.41, 5.74) is 1.95. The zero-order valence-electron chi connectivity index (χ0n) is 8.46. The zero-order valence-corrected chi connectivity index (χ0v) is 10.0. The first kappa shape index (κ1) is 10.5. The monoisotopic (exact) mass is 269 g/mol. The number of aromatic hydroxyl groups is 1. The second-order valence-electron chi connectivity index (χ2n) is 3.71. The molecule has 0 saturated carbocycles. The number of anilines is 1. The molecule has 0 radical (unpaired) electrons. The fraction of sp³-hybridized carbons (Fsp3) is 0.364. The Morgan fingerprint density at radius 3 is 2.93 bits per heavy atom. The summed E-state index contributed by atoms with van der Waals surface area (Å²) in [5, 5.41) is 9.55. The van der Waals surface area contributed by atoms with Crippen LogP contribution in [0.2, 0.25) is 0 Å². The third kappa shape index (κ3) is 1.86. The summed E-state index contributed by atoms with van der Waals surface area (Å²) < 4.78 is 0.634. The summed E-state index contributed by atoms with van der Waals surface area (Å²) in [6, 6.07) is 3.54. The largest absolute Gasteiger partial charge is 0.507 e. The number of benzene rings is 1. The van der Waals surface area contributed by atoms with Crippen molar-refractivity contribution in [1.82, 2.24) is 0 Å². The number of phenols is 1. The molecule has 1 amide bonds. The van der Waals surface area contributed by atoms with Gasteiger partial charge in [-0.15, -0.1) is 0 Å². The van der Waals surface area contributed by atoms with Gasteiger partial charge in [0.15, 0.2) is 0 Å². The van der Waals surface area contributed by atoms with Gasteiger partial charge in [0.05, 0.1) is 4.47 Å². The molecule has 1 aliphatic heterocycles. The van der Waals surface area contributed by atoms with Crippen LogP contribution in [0, 0.1) is 0 Å². The molecule has 80 valence electrons. The van der Waals surface area contributed by atoms with E-state index in [0.29, 0.717) is 4.47 Å². The molecule has 1 aromatic rings. The summed E-state index contributed by atoms with van der Waals surface area (Å²) in [6.45, 7) is 2.33. The maximum absolute atomic E-state index is 11.4. The number of hydrogen-bond acceptors (Lipinski definition) is 2. The first-order valence-electron chi connectivity index (χ1n) is 4.89. The van der Waals surface area contributed by atoms with Crippen molar-refractivity contribution in [3.8, 4) is 5.75 Å². The van der Waals surface area contributed by atoms with Crippen LogP contribution in [0.5, 0.6) is 5.75 Å². The van der Waals surface area contributed by atoms with Crippen molar-refractivity contribution in [1.29, 1.82) is 0 Å². The highest BCUT2D eigenvalue weighted by Gasteiger charge is 2.21. The quantitative estimate of drug-likeness (QED) is 0.786. The first-order valence-corrected chi connectivity index (χ1v) is 5.68. The average Bonchev–Trinajstić information content (AvgIpc) is 2.18. The SMILES string of the molecule is CC(=O)N1CCCc2cc(O)c(Br)cc21. The Balaban J connectivity index is 2.51. The average molecular weight is 270 g/mol. The molecular weight excluding hydrogens is 258 g/mol. The number of rotatable bonds is 0. The lowest BCUT2D eigenvalue weighted by molar-refractivity contribution is -0.116. The minimum absolute atomic E-state index is 0.0496. The van der Waals surface area contributed by atoms with Crippen molar-refractivity contribution >= 4 is 27.5 Å². The summed E-state index contributed by atoms with van der Waals surface area (Å²) >= 11 is 3.26. The Kier molecular flexibility index (Phi) is 2.69.